The van der Waals surface area contributed by atoms with Crippen molar-refractivity contribution in [1.29, 1.82) is 0 Å². The number of aromatic nitrogens is 2. The molecule has 1 aliphatic rings. The van der Waals surface area contributed by atoms with E-state index in [2.05, 4.69) is 23.4 Å². The lowest BCUT2D eigenvalue weighted by Gasteiger charge is -2.05. The van der Waals surface area contributed by atoms with Crippen molar-refractivity contribution in [3.63, 3.8) is 0 Å². The van der Waals surface area contributed by atoms with Crippen molar-refractivity contribution in [3.05, 3.63) is 17.2 Å². The van der Waals surface area contributed by atoms with Gasteiger partial charge in [0.05, 0.1) is 5.69 Å². The van der Waals surface area contributed by atoms with Crippen molar-refractivity contribution in [1.82, 2.24) is 9.55 Å². The van der Waals surface area contributed by atoms with Crippen molar-refractivity contribution >= 4 is 5.97 Å². The number of carboxylic acid groups (broad SMARTS) is 1. The van der Waals surface area contributed by atoms with Gasteiger partial charge in [-0.25, -0.2) is 9.78 Å². The molecule has 0 saturated heterocycles. The summed E-state index contributed by atoms with van der Waals surface area (Å²) in [6.45, 7) is 5.17. The minimum atomic E-state index is -0.893. The summed E-state index contributed by atoms with van der Waals surface area (Å²) in [5, 5.41) is 9.02. The maximum atomic E-state index is 11.0. The molecule has 1 aromatic heterocycles. The van der Waals surface area contributed by atoms with Gasteiger partial charge in [0.15, 0.2) is 5.69 Å². The van der Waals surface area contributed by atoms with E-state index >= 15 is 0 Å². The molecule has 0 amide bonds. The van der Waals surface area contributed by atoms with Crippen LogP contribution < -0.4 is 0 Å². The molecule has 0 saturated carbocycles. The van der Waals surface area contributed by atoms with E-state index in [1.807, 2.05) is 0 Å². The molecule has 0 bridgehead atoms. The van der Waals surface area contributed by atoms with E-state index in [-0.39, 0.29) is 5.69 Å². The molecule has 2 heterocycles. The summed E-state index contributed by atoms with van der Waals surface area (Å²) in [5.74, 6) is 0.560. The van der Waals surface area contributed by atoms with Gasteiger partial charge in [-0.2, -0.15) is 0 Å². The van der Waals surface area contributed by atoms with E-state index in [0.29, 0.717) is 5.92 Å². The second-order valence-corrected chi connectivity index (χ2v) is 4.48. The standard InChI is InChI=1S/C11H16N2O2/c1-7(2)6-9-12-10(11(14)15)8-4-3-5-13(8)9/h7H,3-6H2,1-2H3,(H,14,15). The Morgan fingerprint density at radius 3 is 2.93 bits per heavy atom. The molecule has 2 rings (SSSR count). The van der Waals surface area contributed by atoms with Crippen LogP contribution in [0.4, 0.5) is 0 Å². The van der Waals surface area contributed by atoms with Gasteiger partial charge in [0.25, 0.3) is 0 Å². The lowest BCUT2D eigenvalue weighted by Crippen LogP contribution is -2.04. The average Bonchev–Trinajstić information content (AvgIpc) is 2.66. The minimum absolute atomic E-state index is 0.267. The van der Waals surface area contributed by atoms with Gasteiger partial charge in [-0.15, -0.1) is 0 Å². The van der Waals surface area contributed by atoms with E-state index < -0.39 is 5.97 Å². The summed E-state index contributed by atoms with van der Waals surface area (Å²) in [4.78, 5) is 15.2. The molecule has 82 valence electrons. The zero-order chi connectivity index (χ0) is 11.0. The van der Waals surface area contributed by atoms with Crippen molar-refractivity contribution < 1.29 is 9.90 Å². The van der Waals surface area contributed by atoms with Crippen molar-refractivity contribution in [2.75, 3.05) is 0 Å². The first-order valence-corrected chi connectivity index (χ1v) is 5.41. The number of imidazole rings is 1. The minimum Gasteiger partial charge on any atom is -0.476 e. The monoisotopic (exact) mass is 208 g/mol. The maximum absolute atomic E-state index is 11.0. The third-order valence-corrected chi connectivity index (χ3v) is 2.74. The number of hydrogen-bond donors (Lipinski definition) is 1. The molecule has 0 aromatic carbocycles. The van der Waals surface area contributed by atoms with Crippen LogP contribution in [0.2, 0.25) is 0 Å². The van der Waals surface area contributed by atoms with E-state index in [9.17, 15) is 4.79 Å². The normalized spacial score (nSPS) is 14.6. The van der Waals surface area contributed by atoms with Gasteiger partial charge >= 0.3 is 5.97 Å². The highest BCUT2D eigenvalue weighted by Gasteiger charge is 2.25. The SMILES string of the molecule is CC(C)Cc1nc(C(=O)O)c2n1CCC2. The Labute approximate surface area is 88.9 Å². The largest absolute Gasteiger partial charge is 0.476 e. The number of nitrogens with zero attached hydrogens (tertiary/aromatic N) is 2. The Hall–Kier alpha value is -1.32. The number of aromatic carboxylic acids is 1. The van der Waals surface area contributed by atoms with Crippen LogP contribution in [0.15, 0.2) is 0 Å². The quantitative estimate of drug-likeness (QED) is 0.823. The lowest BCUT2D eigenvalue weighted by atomic mass is 10.1. The highest BCUT2D eigenvalue weighted by atomic mass is 16.4. The van der Waals surface area contributed by atoms with Crippen LogP contribution >= 0.6 is 0 Å². The van der Waals surface area contributed by atoms with E-state index in [1.54, 1.807) is 0 Å². The molecule has 0 aliphatic carbocycles. The van der Waals surface area contributed by atoms with Gasteiger partial charge in [0.1, 0.15) is 5.82 Å². The molecule has 0 unspecified atom stereocenters. The van der Waals surface area contributed by atoms with Gasteiger partial charge in [0, 0.05) is 13.0 Å². The Morgan fingerprint density at radius 2 is 2.33 bits per heavy atom. The second kappa shape index (κ2) is 3.68. The molecule has 4 heteroatoms. The van der Waals surface area contributed by atoms with Gasteiger partial charge in [-0.3, -0.25) is 0 Å². The highest BCUT2D eigenvalue weighted by Crippen LogP contribution is 2.22. The number of hydrogen-bond acceptors (Lipinski definition) is 2. The van der Waals surface area contributed by atoms with Crippen LogP contribution in [0.1, 0.15) is 42.3 Å². The predicted octanol–water partition coefficient (Wildman–Crippen LogP) is 1.73. The zero-order valence-electron chi connectivity index (χ0n) is 9.16. The summed E-state index contributed by atoms with van der Waals surface area (Å²) in [6.07, 6.45) is 2.76. The van der Waals surface area contributed by atoms with Crippen LogP contribution in [0.5, 0.6) is 0 Å². The molecular weight excluding hydrogens is 192 g/mol. The van der Waals surface area contributed by atoms with E-state index in [0.717, 1.165) is 37.3 Å². The van der Waals surface area contributed by atoms with Crippen molar-refractivity contribution in [2.24, 2.45) is 5.92 Å². The Morgan fingerprint density at radius 1 is 1.60 bits per heavy atom. The lowest BCUT2D eigenvalue weighted by molar-refractivity contribution is 0.0689. The molecule has 4 nitrogen and oxygen atoms in total. The molecule has 0 spiro atoms. The van der Waals surface area contributed by atoms with Crippen LogP contribution in [0.25, 0.3) is 0 Å². The summed E-state index contributed by atoms with van der Waals surface area (Å²) in [5.41, 5.74) is 1.18. The number of carboxylic acids is 1. The van der Waals surface area contributed by atoms with Gasteiger partial charge in [-0.1, -0.05) is 13.8 Å². The Balaban J connectivity index is 2.40. The first-order valence-electron chi connectivity index (χ1n) is 5.41. The third kappa shape index (κ3) is 1.76. The first kappa shape index (κ1) is 10.2. The molecule has 1 aliphatic heterocycles. The number of rotatable bonds is 3. The summed E-state index contributed by atoms with van der Waals surface area (Å²) < 4.78 is 2.09. The molecule has 1 N–H and O–H groups in total. The summed E-state index contributed by atoms with van der Waals surface area (Å²) >= 11 is 0. The Bertz CT molecular complexity index is 394. The summed E-state index contributed by atoms with van der Waals surface area (Å²) in [6, 6.07) is 0. The fourth-order valence-corrected chi connectivity index (χ4v) is 2.15. The van der Waals surface area contributed by atoms with E-state index in [1.165, 1.54) is 0 Å². The molecule has 15 heavy (non-hydrogen) atoms. The second-order valence-electron chi connectivity index (χ2n) is 4.48. The van der Waals surface area contributed by atoms with Crippen molar-refractivity contribution in [2.45, 2.75) is 39.7 Å². The van der Waals surface area contributed by atoms with Crippen LogP contribution in [-0.2, 0) is 19.4 Å². The molecule has 1 aromatic rings. The topological polar surface area (TPSA) is 55.1 Å². The summed E-state index contributed by atoms with van der Waals surface area (Å²) in [7, 11) is 0. The van der Waals surface area contributed by atoms with Crippen LogP contribution in [0, 0.1) is 5.92 Å². The maximum Gasteiger partial charge on any atom is 0.356 e. The van der Waals surface area contributed by atoms with Crippen LogP contribution in [0.3, 0.4) is 0 Å². The zero-order valence-corrected chi connectivity index (χ0v) is 9.16. The molecule has 0 fully saturated rings. The van der Waals surface area contributed by atoms with Gasteiger partial charge < -0.3 is 9.67 Å². The first-order chi connectivity index (χ1) is 7.09. The fourth-order valence-electron chi connectivity index (χ4n) is 2.15. The number of carbonyl (C=O) groups is 1. The highest BCUT2D eigenvalue weighted by molar-refractivity contribution is 5.87. The van der Waals surface area contributed by atoms with E-state index in [4.69, 9.17) is 5.11 Å². The average molecular weight is 208 g/mol. The third-order valence-electron chi connectivity index (χ3n) is 2.74. The van der Waals surface area contributed by atoms with Gasteiger partial charge in [-0.05, 0) is 18.8 Å². The Kier molecular flexibility index (Phi) is 2.50. The number of fused-ring (bicyclic) bond motifs is 1. The molecule has 0 radical (unpaired) electrons. The van der Waals surface area contributed by atoms with Gasteiger partial charge in [0.2, 0.25) is 0 Å². The fraction of sp³-hybridized carbons (Fsp3) is 0.636. The molecular formula is C11H16N2O2. The predicted molar refractivity (Wildman–Crippen MR) is 56.0 cm³/mol. The van der Waals surface area contributed by atoms with Crippen molar-refractivity contribution in [3.8, 4) is 0 Å². The molecule has 0 atom stereocenters. The van der Waals surface area contributed by atoms with Crippen LogP contribution in [-0.4, -0.2) is 20.6 Å². The smallest absolute Gasteiger partial charge is 0.356 e.